The van der Waals surface area contributed by atoms with E-state index in [1.165, 1.54) is 24.2 Å². The molecule has 0 spiro atoms. The van der Waals surface area contributed by atoms with Gasteiger partial charge in [-0.15, -0.1) is 11.3 Å². The predicted octanol–water partition coefficient (Wildman–Crippen LogP) is 2.99. The van der Waals surface area contributed by atoms with E-state index in [0.717, 1.165) is 10.7 Å². The fourth-order valence-electron chi connectivity index (χ4n) is 2.26. The minimum absolute atomic E-state index is 0.242. The van der Waals surface area contributed by atoms with Crippen LogP contribution in [0.5, 0.6) is 0 Å². The Hall–Kier alpha value is -2.61. The smallest absolute Gasteiger partial charge is 0.320 e. The number of hydrogen-bond donors (Lipinski definition) is 2. The van der Waals surface area contributed by atoms with Gasteiger partial charge in [-0.2, -0.15) is 0 Å². The number of nitrogens with zero attached hydrogens (tertiary/aromatic N) is 4. The van der Waals surface area contributed by atoms with Gasteiger partial charge in [0.1, 0.15) is 22.0 Å². The lowest BCUT2D eigenvalue weighted by atomic mass is 10.3. The van der Waals surface area contributed by atoms with Crippen molar-refractivity contribution in [3.05, 3.63) is 29.4 Å². The zero-order valence-electron chi connectivity index (χ0n) is 13.1. The second-order valence-corrected chi connectivity index (χ2v) is 6.73. The van der Waals surface area contributed by atoms with Crippen LogP contribution in [-0.2, 0) is 0 Å². The molecule has 1 aliphatic rings. The van der Waals surface area contributed by atoms with Crippen LogP contribution in [0.4, 0.5) is 10.6 Å². The Balaban J connectivity index is 1.55. The fraction of sp³-hybridized carbons (Fsp3) is 0.312. The molecule has 4 rings (SSSR count). The maximum absolute atomic E-state index is 11.9. The molecule has 3 heterocycles. The molecule has 3 aromatic heterocycles. The van der Waals surface area contributed by atoms with Crippen LogP contribution in [0, 0.1) is 12.8 Å². The number of hydrogen-bond acceptors (Lipinski definition) is 6. The summed E-state index contributed by atoms with van der Waals surface area (Å²) in [6.45, 7) is 2.65. The number of rotatable bonds is 4. The standard InChI is InChI=1S/C16H16N6OS/c1-9-8-24-15(19-9)12-7-17-11-4-5-13(21-14(11)20-12)22-16(23)18-6-10-2-3-10/h4-5,7-8,10H,2-3,6H2,1H3,(H2,18,20,21,22,23). The molecule has 122 valence electrons. The number of aromatic nitrogens is 4. The van der Waals surface area contributed by atoms with E-state index < -0.39 is 0 Å². The minimum Gasteiger partial charge on any atom is -0.338 e. The first-order valence-electron chi connectivity index (χ1n) is 7.78. The van der Waals surface area contributed by atoms with Gasteiger partial charge in [-0.05, 0) is 37.8 Å². The average Bonchev–Trinajstić information content (AvgIpc) is 3.32. The summed E-state index contributed by atoms with van der Waals surface area (Å²) in [6.07, 6.45) is 4.09. The summed E-state index contributed by atoms with van der Waals surface area (Å²) in [5.74, 6) is 1.09. The molecule has 7 nitrogen and oxygen atoms in total. The number of carbonyl (C=O) groups is 1. The lowest BCUT2D eigenvalue weighted by molar-refractivity contribution is 0.251. The largest absolute Gasteiger partial charge is 0.338 e. The van der Waals surface area contributed by atoms with Gasteiger partial charge < -0.3 is 5.32 Å². The summed E-state index contributed by atoms with van der Waals surface area (Å²) in [5, 5.41) is 8.36. The van der Waals surface area contributed by atoms with Crippen molar-refractivity contribution in [2.24, 2.45) is 5.92 Å². The van der Waals surface area contributed by atoms with Crippen molar-refractivity contribution >= 4 is 34.3 Å². The first kappa shape index (κ1) is 14.9. The molecule has 1 saturated carbocycles. The summed E-state index contributed by atoms with van der Waals surface area (Å²) in [5.41, 5.74) is 2.80. The van der Waals surface area contributed by atoms with Crippen molar-refractivity contribution in [3.8, 4) is 10.7 Å². The molecule has 0 unspecified atom stereocenters. The van der Waals surface area contributed by atoms with Crippen molar-refractivity contribution < 1.29 is 4.79 Å². The number of anilines is 1. The van der Waals surface area contributed by atoms with E-state index >= 15 is 0 Å². The van der Waals surface area contributed by atoms with Gasteiger partial charge in [0.25, 0.3) is 0 Å². The molecule has 0 aromatic carbocycles. The van der Waals surface area contributed by atoms with Crippen molar-refractivity contribution in [1.29, 1.82) is 0 Å². The third-order valence-corrected chi connectivity index (χ3v) is 4.72. The fourth-order valence-corrected chi connectivity index (χ4v) is 3.01. The SMILES string of the molecule is Cc1csc(-c2cnc3ccc(NC(=O)NCC4CC4)nc3n2)n1. The van der Waals surface area contributed by atoms with Gasteiger partial charge in [0.2, 0.25) is 0 Å². The number of thiazole rings is 1. The summed E-state index contributed by atoms with van der Waals surface area (Å²) < 4.78 is 0. The van der Waals surface area contributed by atoms with Crippen molar-refractivity contribution in [3.63, 3.8) is 0 Å². The zero-order chi connectivity index (χ0) is 16.5. The topological polar surface area (TPSA) is 92.7 Å². The Morgan fingerprint density at radius 3 is 2.92 bits per heavy atom. The second-order valence-electron chi connectivity index (χ2n) is 5.87. The van der Waals surface area contributed by atoms with Crippen LogP contribution in [-0.4, -0.2) is 32.5 Å². The molecule has 0 bridgehead atoms. The van der Waals surface area contributed by atoms with E-state index in [0.29, 0.717) is 35.1 Å². The lowest BCUT2D eigenvalue weighted by Gasteiger charge is -2.07. The van der Waals surface area contributed by atoms with Gasteiger partial charge in [-0.25, -0.2) is 19.7 Å². The molecule has 1 aliphatic carbocycles. The van der Waals surface area contributed by atoms with Crippen molar-refractivity contribution in [1.82, 2.24) is 25.3 Å². The second kappa shape index (κ2) is 6.12. The Morgan fingerprint density at radius 2 is 2.17 bits per heavy atom. The van der Waals surface area contributed by atoms with E-state index in [1.807, 2.05) is 12.3 Å². The molecule has 2 N–H and O–H groups in total. The lowest BCUT2D eigenvalue weighted by Crippen LogP contribution is -2.30. The summed E-state index contributed by atoms with van der Waals surface area (Å²) in [6, 6.07) is 3.28. The van der Waals surface area contributed by atoms with Crippen LogP contribution in [0.1, 0.15) is 18.5 Å². The highest BCUT2D eigenvalue weighted by Gasteiger charge is 2.21. The number of pyridine rings is 1. The molecule has 1 fully saturated rings. The number of aryl methyl sites for hydroxylation is 1. The zero-order valence-corrected chi connectivity index (χ0v) is 13.9. The van der Waals surface area contributed by atoms with Crippen LogP contribution in [0.15, 0.2) is 23.7 Å². The Kier molecular flexibility index (Phi) is 3.81. The summed E-state index contributed by atoms with van der Waals surface area (Å²) in [4.78, 5) is 29.5. The van der Waals surface area contributed by atoms with Crippen LogP contribution < -0.4 is 10.6 Å². The van der Waals surface area contributed by atoms with Gasteiger partial charge >= 0.3 is 6.03 Å². The van der Waals surface area contributed by atoms with E-state index in [-0.39, 0.29) is 6.03 Å². The maximum Gasteiger partial charge on any atom is 0.320 e. The van der Waals surface area contributed by atoms with Crippen LogP contribution in [0.3, 0.4) is 0 Å². The molecule has 3 aromatic rings. The third-order valence-electron chi connectivity index (χ3n) is 3.73. The normalized spacial score (nSPS) is 13.9. The quantitative estimate of drug-likeness (QED) is 0.761. The number of urea groups is 1. The number of nitrogens with one attached hydrogen (secondary N) is 2. The number of carbonyl (C=O) groups excluding carboxylic acids is 1. The first-order valence-corrected chi connectivity index (χ1v) is 8.66. The highest BCUT2D eigenvalue weighted by Crippen LogP contribution is 2.27. The Labute approximate surface area is 142 Å². The summed E-state index contributed by atoms with van der Waals surface area (Å²) in [7, 11) is 0. The highest BCUT2D eigenvalue weighted by atomic mass is 32.1. The summed E-state index contributed by atoms with van der Waals surface area (Å²) >= 11 is 1.52. The molecule has 8 heteroatoms. The maximum atomic E-state index is 11.9. The number of fused-ring (bicyclic) bond motifs is 1. The van der Waals surface area contributed by atoms with E-state index in [1.54, 1.807) is 18.3 Å². The van der Waals surface area contributed by atoms with Gasteiger partial charge in [0.05, 0.1) is 6.20 Å². The van der Waals surface area contributed by atoms with Crippen LogP contribution in [0.25, 0.3) is 21.9 Å². The molecule has 24 heavy (non-hydrogen) atoms. The highest BCUT2D eigenvalue weighted by molar-refractivity contribution is 7.13. The van der Waals surface area contributed by atoms with E-state index in [2.05, 4.69) is 30.6 Å². The van der Waals surface area contributed by atoms with Crippen molar-refractivity contribution in [2.75, 3.05) is 11.9 Å². The monoisotopic (exact) mass is 340 g/mol. The van der Waals surface area contributed by atoms with Gasteiger partial charge in [0, 0.05) is 17.6 Å². The molecular weight excluding hydrogens is 324 g/mol. The minimum atomic E-state index is -0.242. The molecule has 2 amide bonds. The van der Waals surface area contributed by atoms with Crippen LogP contribution >= 0.6 is 11.3 Å². The molecule has 0 aliphatic heterocycles. The molecule has 0 atom stereocenters. The molecular formula is C16H16N6OS. The van der Waals surface area contributed by atoms with Crippen LogP contribution in [0.2, 0.25) is 0 Å². The van der Waals surface area contributed by atoms with Gasteiger partial charge in [0.15, 0.2) is 5.65 Å². The van der Waals surface area contributed by atoms with E-state index in [9.17, 15) is 4.79 Å². The van der Waals surface area contributed by atoms with Gasteiger partial charge in [-0.3, -0.25) is 10.3 Å². The van der Waals surface area contributed by atoms with Gasteiger partial charge in [-0.1, -0.05) is 0 Å². The Morgan fingerprint density at radius 1 is 1.29 bits per heavy atom. The van der Waals surface area contributed by atoms with E-state index in [4.69, 9.17) is 0 Å². The number of amides is 2. The Bertz CT molecular complexity index is 904. The molecule has 0 radical (unpaired) electrons. The predicted molar refractivity (Wildman–Crippen MR) is 92.9 cm³/mol. The average molecular weight is 340 g/mol. The third kappa shape index (κ3) is 3.33. The van der Waals surface area contributed by atoms with Crippen molar-refractivity contribution in [2.45, 2.75) is 19.8 Å². The molecule has 0 saturated heterocycles. The first-order chi connectivity index (χ1) is 11.7.